The van der Waals surface area contributed by atoms with Gasteiger partial charge in [-0.2, -0.15) is 0 Å². The Bertz CT molecular complexity index is 662. The van der Waals surface area contributed by atoms with Gasteiger partial charge in [-0.05, 0) is 22.7 Å². The van der Waals surface area contributed by atoms with Gasteiger partial charge in [0.1, 0.15) is 0 Å². The lowest BCUT2D eigenvalue weighted by Crippen LogP contribution is -2.53. The molecule has 0 aromatic carbocycles. The average Bonchev–Trinajstić information content (AvgIpc) is 3.18. The molecule has 0 saturated carbocycles. The molecule has 0 rings (SSSR count). The van der Waals surface area contributed by atoms with Crippen molar-refractivity contribution in [3.05, 3.63) is 0 Å². The van der Waals surface area contributed by atoms with Crippen molar-refractivity contribution < 1.29 is 26.6 Å². The molecular weight excluding hydrogens is 753 g/mol. The fourth-order valence-corrected chi connectivity index (χ4v) is 22.1. The first-order chi connectivity index (χ1) is 26.0. The molecule has 0 N–H and O–H groups in total. The summed E-state index contributed by atoms with van der Waals surface area (Å²) in [5.74, 6) is 0. The van der Waals surface area contributed by atoms with Gasteiger partial charge >= 0.3 is 17.6 Å². The summed E-state index contributed by atoms with van der Waals surface area (Å²) < 4.78 is 36.0. The van der Waals surface area contributed by atoms with Gasteiger partial charge in [0.25, 0.3) is 0 Å². The maximum Gasteiger partial charge on any atom is 0.514 e. The van der Waals surface area contributed by atoms with Gasteiger partial charge in [-0.1, -0.05) is 228 Å². The van der Waals surface area contributed by atoms with Crippen molar-refractivity contribution in [3.63, 3.8) is 0 Å². The summed E-state index contributed by atoms with van der Waals surface area (Å²) in [6, 6.07) is 0. The van der Waals surface area contributed by atoms with Crippen molar-refractivity contribution in [2.75, 3.05) is 42.7 Å². The van der Waals surface area contributed by atoms with Crippen LogP contribution in [0.5, 0.6) is 0 Å². The van der Waals surface area contributed by atoms with Gasteiger partial charge < -0.3 is 26.6 Å². The van der Waals surface area contributed by atoms with Gasteiger partial charge in [-0.25, -0.2) is 0 Å². The zero-order valence-electron chi connectivity index (χ0n) is 36.5. The van der Waals surface area contributed by atoms with Crippen LogP contribution in [0.15, 0.2) is 0 Å². The first-order valence-corrected chi connectivity index (χ1v) is 29.5. The van der Waals surface area contributed by atoms with Crippen molar-refractivity contribution in [2.24, 2.45) is 0 Å². The van der Waals surface area contributed by atoms with Crippen LogP contribution >= 0.6 is 31.4 Å². The third-order valence-corrected chi connectivity index (χ3v) is 24.4. The van der Waals surface area contributed by atoms with Gasteiger partial charge in [0.05, 0.1) is 9.75 Å². The standard InChI is InChI=1S/C42H90O6S3Si2/c1-9-11-13-15-17-19-21-23-25-27-29-31-33-35-37-39-41(52(43-3,44-4)45-5)49-51-50-42(53(46-6,47-7)48-8)40-38-36-34-32-30-28-26-24-22-20-18-16-14-12-10-2/h41-42H,9-40H2,1-8H3. The largest absolute Gasteiger partial charge is 0.514 e. The third kappa shape index (κ3) is 27.5. The van der Waals surface area contributed by atoms with Gasteiger partial charge in [-0.15, -0.1) is 0 Å². The Morgan fingerprint density at radius 2 is 0.491 bits per heavy atom. The molecule has 0 aromatic heterocycles. The van der Waals surface area contributed by atoms with E-state index in [9.17, 15) is 0 Å². The molecule has 53 heavy (non-hydrogen) atoms. The predicted octanol–water partition coefficient (Wildman–Crippen LogP) is 15.1. The number of hydrogen-bond acceptors (Lipinski definition) is 9. The zero-order valence-corrected chi connectivity index (χ0v) is 40.9. The van der Waals surface area contributed by atoms with Crippen LogP contribution in [0.2, 0.25) is 0 Å². The molecule has 0 aliphatic heterocycles. The van der Waals surface area contributed by atoms with Gasteiger partial charge in [0, 0.05) is 42.7 Å². The first kappa shape index (κ1) is 54.2. The molecule has 6 nitrogen and oxygen atoms in total. The molecule has 0 radical (unpaired) electrons. The number of unbranched alkanes of at least 4 members (excludes halogenated alkanes) is 28. The highest BCUT2D eigenvalue weighted by molar-refractivity contribution is 9.09. The highest BCUT2D eigenvalue weighted by Gasteiger charge is 2.50. The average molecular weight is 844 g/mol. The maximum atomic E-state index is 6.01. The molecule has 0 aliphatic rings. The van der Waals surface area contributed by atoms with Crippen LogP contribution < -0.4 is 0 Å². The minimum Gasteiger partial charge on any atom is -0.376 e. The lowest BCUT2D eigenvalue weighted by atomic mass is 10.0. The second-order valence-corrected chi connectivity index (χ2v) is 26.7. The van der Waals surface area contributed by atoms with Gasteiger partial charge in [0.15, 0.2) is 0 Å². The molecule has 2 unspecified atom stereocenters. The Balaban J connectivity index is 4.58. The first-order valence-electron chi connectivity index (χ1n) is 22.3. The van der Waals surface area contributed by atoms with Crippen molar-refractivity contribution in [2.45, 2.75) is 229 Å². The zero-order chi connectivity index (χ0) is 39.1. The minimum absolute atomic E-state index is 0.164. The van der Waals surface area contributed by atoms with Crippen LogP contribution in [0.25, 0.3) is 0 Å². The van der Waals surface area contributed by atoms with Crippen LogP contribution in [0.4, 0.5) is 0 Å². The van der Waals surface area contributed by atoms with Crippen molar-refractivity contribution in [3.8, 4) is 0 Å². The van der Waals surface area contributed by atoms with Gasteiger partial charge in [0.2, 0.25) is 0 Å². The molecule has 11 heteroatoms. The minimum atomic E-state index is -2.81. The van der Waals surface area contributed by atoms with Crippen LogP contribution in [0, 0.1) is 0 Å². The Morgan fingerprint density at radius 1 is 0.302 bits per heavy atom. The summed E-state index contributed by atoms with van der Waals surface area (Å²) in [5.41, 5.74) is 0. The highest BCUT2D eigenvalue weighted by atomic mass is 33.5. The van der Waals surface area contributed by atoms with E-state index in [1.54, 1.807) is 42.7 Å². The lowest BCUT2D eigenvalue weighted by molar-refractivity contribution is 0.120. The maximum absolute atomic E-state index is 6.01. The summed E-state index contributed by atoms with van der Waals surface area (Å²) in [6.07, 6.45) is 43.2. The number of rotatable bonds is 44. The van der Waals surface area contributed by atoms with Crippen LogP contribution in [0.1, 0.15) is 219 Å². The summed E-state index contributed by atoms with van der Waals surface area (Å²) in [4.78, 5) is 0.328. The third-order valence-electron chi connectivity index (χ3n) is 10.9. The molecule has 0 aromatic rings. The Hall–Kier alpha value is 1.24. The van der Waals surface area contributed by atoms with E-state index in [1.807, 2.05) is 31.4 Å². The summed E-state index contributed by atoms with van der Waals surface area (Å²) in [5, 5.41) is 0. The van der Waals surface area contributed by atoms with Crippen LogP contribution in [0.3, 0.4) is 0 Å². The molecule has 0 spiro atoms. The molecule has 0 saturated heterocycles. The monoisotopic (exact) mass is 843 g/mol. The van der Waals surface area contributed by atoms with E-state index in [0.29, 0.717) is 0 Å². The Kier molecular flexibility index (Phi) is 41.0. The molecule has 0 bridgehead atoms. The second kappa shape index (κ2) is 40.0. The summed E-state index contributed by atoms with van der Waals surface area (Å²) >= 11 is 0. The Morgan fingerprint density at radius 3 is 0.679 bits per heavy atom. The van der Waals surface area contributed by atoms with Crippen LogP contribution in [-0.4, -0.2) is 70.0 Å². The molecule has 0 heterocycles. The molecule has 2 atom stereocenters. The Labute approximate surface area is 345 Å². The van der Waals surface area contributed by atoms with E-state index in [4.69, 9.17) is 26.6 Å². The number of hydrogen-bond donors (Lipinski definition) is 0. The van der Waals surface area contributed by atoms with E-state index in [0.717, 1.165) is 12.8 Å². The van der Waals surface area contributed by atoms with Crippen LogP contribution in [-0.2, 0) is 26.6 Å². The molecule has 0 amide bonds. The normalized spacial score (nSPS) is 13.6. The quantitative estimate of drug-likeness (QED) is 0.0339. The topological polar surface area (TPSA) is 55.4 Å². The summed E-state index contributed by atoms with van der Waals surface area (Å²) in [6.45, 7) is 4.59. The predicted molar refractivity (Wildman–Crippen MR) is 243 cm³/mol. The molecule has 320 valence electrons. The van der Waals surface area contributed by atoms with Crippen molar-refractivity contribution in [1.82, 2.24) is 0 Å². The van der Waals surface area contributed by atoms with E-state index in [2.05, 4.69) is 13.8 Å². The van der Waals surface area contributed by atoms with Gasteiger partial charge in [-0.3, -0.25) is 0 Å². The van der Waals surface area contributed by atoms with Crippen molar-refractivity contribution in [1.29, 1.82) is 0 Å². The summed E-state index contributed by atoms with van der Waals surface area (Å²) in [7, 11) is 10.4. The van der Waals surface area contributed by atoms with E-state index in [-0.39, 0.29) is 9.75 Å². The van der Waals surface area contributed by atoms with Crippen molar-refractivity contribution >= 4 is 49.0 Å². The van der Waals surface area contributed by atoms with E-state index in [1.165, 1.54) is 193 Å². The molecular formula is C42H90O6S3Si2. The fraction of sp³-hybridized carbons (Fsp3) is 1.00. The second-order valence-electron chi connectivity index (χ2n) is 15.1. The lowest BCUT2D eigenvalue weighted by Gasteiger charge is -2.33. The molecule has 0 fully saturated rings. The SMILES string of the molecule is CCCCCCCCCCCCCCCCCC(SSSC(CCCCCCCCCCCCCCCCC)[Si](OC)(OC)OC)[Si](OC)(OC)OC. The van der Waals surface area contributed by atoms with E-state index < -0.39 is 17.6 Å². The fourth-order valence-electron chi connectivity index (χ4n) is 7.38. The smallest absolute Gasteiger partial charge is 0.376 e. The van der Waals surface area contributed by atoms with E-state index >= 15 is 0 Å². The molecule has 0 aliphatic carbocycles. The highest BCUT2D eigenvalue weighted by Crippen LogP contribution is 2.48.